The number of aromatic nitrogens is 1. The van der Waals surface area contributed by atoms with Crippen LogP contribution in [0.3, 0.4) is 0 Å². The molecule has 0 unspecified atom stereocenters. The van der Waals surface area contributed by atoms with Gasteiger partial charge in [0.25, 0.3) is 0 Å². The van der Waals surface area contributed by atoms with Crippen LogP contribution in [0.25, 0.3) is 0 Å². The second-order valence-corrected chi connectivity index (χ2v) is 4.61. The summed E-state index contributed by atoms with van der Waals surface area (Å²) >= 11 is 0. The monoisotopic (exact) mass is 244 g/mol. The molecule has 1 saturated heterocycles. The highest BCUT2D eigenvalue weighted by Crippen LogP contribution is 2.17. The lowest BCUT2D eigenvalue weighted by atomic mass is 9.96. The van der Waals surface area contributed by atoms with E-state index >= 15 is 0 Å². The summed E-state index contributed by atoms with van der Waals surface area (Å²) in [4.78, 5) is 18.3. The molecule has 0 spiro atoms. The molecular formula is C13H16N4O. The highest BCUT2D eigenvalue weighted by atomic mass is 16.1. The van der Waals surface area contributed by atoms with Gasteiger partial charge in [-0.3, -0.25) is 4.79 Å². The van der Waals surface area contributed by atoms with E-state index in [0.29, 0.717) is 11.4 Å². The molecule has 5 heteroatoms. The van der Waals surface area contributed by atoms with Gasteiger partial charge < -0.3 is 10.2 Å². The minimum absolute atomic E-state index is 0.0281. The lowest BCUT2D eigenvalue weighted by Crippen LogP contribution is -2.36. The number of pyridine rings is 1. The number of rotatable bonds is 2. The van der Waals surface area contributed by atoms with E-state index in [0.717, 1.165) is 25.9 Å². The summed E-state index contributed by atoms with van der Waals surface area (Å²) in [5.74, 6) is 0.608. The van der Waals surface area contributed by atoms with E-state index in [-0.39, 0.29) is 11.8 Å². The lowest BCUT2D eigenvalue weighted by molar-refractivity contribution is -0.121. The van der Waals surface area contributed by atoms with Crippen LogP contribution in [0.4, 0.5) is 5.82 Å². The minimum atomic E-state index is 0.0281. The van der Waals surface area contributed by atoms with Crippen molar-refractivity contribution in [1.82, 2.24) is 9.88 Å². The molecule has 0 aliphatic carbocycles. The number of amides is 1. The Hall–Kier alpha value is -1.93. The highest BCUT2D eigenvalue weighted by Gasteiger charge is 2.23. The first-order chi connectivity index (χ1) is 8.69. The maximum atomic E-state index is 12.0. The zero-order chi connectivity index (χ0) is 13.0. The fraction of sp³-hybridized carbons (Fsp3) is 0.462. The standard InChI is InChI=1S/C13H16N4O/c1-17-6-4-11(5-7-17)13(18)16-12-3-2-10(8-14)9-15-12/h2-3,9,11H,4-7H2,1H3,(H,15,16,18). The summed E-state index contributed by atoms with van der Waals surface area (Å²) in [6.45, 7) is 1.91. The number of nitrogens with zero attached hydrogens (tertiary/aromatic N) is 3. The molecule has 1 fully saturated rings. The molecule has 2 rings (SSSR count). The highest BCUT2D eigenvalue weighted by molar-refractivity contribution is 5.91. The van der Waals surface area contributed by atoms with Gasteiger partial charge in [-0.1, -0.05) is 0 Å². The maximum absolute atomic E-state index is 12.0. The first kappa shape index (κ1) is 12.5. The molecule has 18 heavy (non-hydrogen) atoms. The van der Waals surface area contributed by atoms with E-state index < -0.39 is 0 Å². The molecule has 1 amide bonds. The first-order valence-electron chi connectivity index (χ1n) is 6.04. The Morgan fingerprint density at radius 2 is 2.22 bits per heavy atom. The predicted octanol–water partition coefficient (Wildman–Crippen LogP) is 1.23. The summed E-state index contributed by atoms with van der Waals surface area (Å²) in [6.07, 6.45) is 3.24. The van der Waals surface area contributed by atoms with Gasteiger partial charge in [0, 0.05) is 12.1 Å². The molecule has 0 atom stereocenters. The van der Waals surface area contributed by atoms with Crippen LogP contribution in [0.2, 0.25) is 0 Å². The van der Waals surface area contributed by atoms with Gasteiger partial charge in [-0.25, -0.2) is 4.98 Å². The van der Waals surface area contributed by atoms with E-state index in [9.17, 15) is 4.79 Å². The maximum Gasteiger partial charge on any atom is 0.228 e. The van der Waals surface area contributed by atoms with Crippen molar-refractivity contribution in [3.63, 3.8) is 0 Å². The molecule has 0 saturated carbocycles. The Labute approximate surface area is 106 Å². The number of likely N-dealkylation sites (tertiary alicyclic amines) is 1. The average Bonchev–Trinajstić information content (AvgIpc) is 2.40. The van der Waals surface area contributed by atoms with Gasteiger partial charge in [-0.2, -0.15) is 5.26 Å². The van der Waals surface area contributed by atoms with Crippen LogP contribution in [0, 0.1) is 17.2 Å². The van der Waals surface area contributed by atoms with E-state index in [1.54, 1.807) is 12.1 Å². The Morgan fingerprint density at radius 1 is 1.50 bits per heavy atom. The molecule has 0 bridgehead atoms. The van der Waals surface area contributed by atoms with Gasteiger partial charge in [-0.15, -0.1) is 0 Å². The van der Waals surface area contributed by atoms with Crippen LogP contribution in [0.1, 0.15) is 18.4 Å². The van der Waals surface area contributed by atoms with Crippen LogP contribution < -0.4 is 5.32 Å². The number of hydrogen-bond acceptors (Lipinski definition) is 4. The van der Waals surface area contributed by atoms with E-state index in [2.05, 4.69) is 22.2 Å². The van der Waals surface area contributed by atoms with Crippen LogP contribution in [0.5, 0.6) is 0 Å². The van der Waals surface area contributed by atoms with Crippen molar-refractivity contribution in [3.8, 4) is 6.07 Å². The van der Waals surface area contributed by atoms with E-state index in [1.807, 2.05) is 6.07 Å². The molecule has 1 aromatic rings. The molecular weight excluding hydrogens is 228 g/mol. The Kier molecular flexibility index (Phi) is 3.90. The van der Waals surface area contributed by atoms with Crippen molar-refractivity contribution in [2.45, 2.75) is 12.8 Å². The van der Waals surface area contributed by atoms with Gasteiger partial charge in [0.15, 0.2) is 0 Å². The molecule has 1 aromatic heterocycles. The number of carbonyl (C=O) groups excluding carboxylic acids is 1. The topological polar surface area (TPSA) is 69.0 Å². The van der Waals surface area contributed by atoms with Crippen molar-refractivity contribution in [2.75, 3.05) is 25.5 Å². The number of carbonyl (C=O) groups is 1. The summed E-state index contributed by atoms with van der Waals surface area (Å²) in [7, 11) is 2.07. The fourth-order valence-corrected chi connectivity index (χ4v) is 2.03. The average molecular weight is 244 g/mol. The van der Waals surface area contributed by atoms with Crippen LogP contribution >= 0.6 is 0 Å². The number of nitriles is 1. The molecule has 1 aliphatic heterocycles. The molecule has 0 aromatic carbocycles. The summed E-state index contributed by atoms with van der Waals surface area (Å²) < 4.78 is 0. The van der Waals surface area contributed by atoms with Gasteiger partial charge in [0.1, 0.15) is 11.9 Å². The van der Waals surface area contributed by atoms with Gasteiger partial charge >= 0.3 is 0 Å². The Balaban J connectivity index is 1.92. The fourth-order valence-electron chi connectivity index (χ4n) is 2.03. The molecule has 1 aliphatic rings. The van der Waals surface area contributed by atoms with Gasteiger partial charge in [0.2, 0.25) is 5.91 Å². The smallest absolute Gasteiger partial charge is 0.228 e. The Bertz CT molecular complexity index is 455. The number of anilines is 1. The van der Waals surface area contributed by atoms with Crippen LogP contribution in [-0.4, -0.2) is 35.9 Å². The van der Waals surface area contributed by atoms with Crippen molar-refractivity contribution in [3.05, 3.63) is 23.9 Å². The number of piperidine rings is 1. The summed E-state index contributed by atoms with van der Waals surface area (Å²) in [5, 5.41) is 11.5. The van der Waals surface area contributed by atoms with Crippen molar-refractivity contribution < 1.29 is 4.79 Å². The van der Waals surface area contributed by atoms with Gasteiger partial charge in [-0.05, 0) is 45.1 Å². The molecule has 0 radical (unpaired) electrons. The van der Waals surface area contributed by atoms with Crippen molar-refractivity contribution in [2.24, 2.45) is 5.92 Å². The van der Waals surface area contributed by atoms with Gasteiger partial charge in [0.05, 0.1) is 5.56 Å². The summed E-state index contributed by atoms with van der Waals surface area (Å²) in [6, 6.07) is 5.30. The van der Waals surface area contributed by atoms with Crippen molar-refractivity contribution in [1.29, 1.82) is 5.26 Å². The molecule has 1 N–H and O–H groups in total. The lowest BCUT2D eigenvalue weighted by Gasteiger charge is -2.27. The third kappa shape index (κ3) is 3.05. The third-order valence-electron chi connectivity index (χ3n) is 3.23. The molecule has 5 nitrogen and oxygen atoms in total. The predicted molar refractivity (Wildman–Crippen MR) is 67.8 cm³/mol. The summed E-state index contributed by atoms with van der Waals surface area (Å²) in [5.41, 5.74) is 0.493. The SMILES string of the molecule is CN1CCC(C(=O)Nc2ccc(C#N)cn2)CC1. The van der Waals surface area contributed by atoms with E-state index in [4.69, 9.17) is 5.26 Å². The Morgan fingerprint density at radius 3 is 2.78 bits per heavy atom. The van der Waals surface area contributed by atoms with Crippen molar-refractivity contribution >= 4 is 11.7 Å². The second kappa shape index (κ2) is 5.61. The van der Waals surface area contributed by atoms with Crippen LogP contribution in [0.15, 0.2) is 18.3 Å². The number of nitrogens with one attached hydrogen (secondary N) is 1. The zero-order valence-electron chi connectivity index (χ0n) is 10.4. The minimum Gasteiger partial charge on any atom is -0.310 e. The van der Waals surface area contributed by atoms with E-state index in [1.165, 1.54) is 6.20 Å². The number of hydrogen-bond donors (Lipinski definition) is 1. The van der Waals surface area contributed by atoms with Crippen LogP contribution in [-0.2, 0) is 4.79 Å². The first-order valence-corrected chi connectivity index (χ1v) is 6.04. The largest absolute Gasteiger partial charge is 0.310 e. The third-order valence-corrected chi connectivity index (χ3v) is 3.23. The quantitative estimate of drug-likeness (QED) is 0.849. The molecule has 2 heterocycles. The second-order valence-electron chi connectivity index (χ2n) is 4.61. The zero-order valence-corrected chi connectivity index (χ0v) is 10.4. The molecule has 94 valence electrons. The normalized spacial score (nSPS) is 17.1.